The number of fused-ring (bicyclic) bond motifs is 2. The van der Waals surface area contributed by atoms with Crippen LogP contribution < -0.4 is 15.5 Å². The van der Waals surface area contributed by atoms with Gasteiger partial charge in [-0.05, 0) is 49.4 Å². The smallest absolute Gasteiger partial charge is 0.257 e. The van der Waals surface area contributed by atoms with Gasteiger partial charge < -0.3 is 30.5 Å². The number of aryl methyl sites for hydroxylation is 1. The minimum absolute atomic E-state index is 0.114. The fourth-order valence-electron chi connectivity index (χ4n) is 7.13. The maximum atomic E-state index is 14.4. The third-order valence-electron chi connectivity index (χ3n) is 9.70. The number of β-amino-alcohol motifs (C(OH)–C–C–N with tert-alkyl or cyclic N) is 1. The van der Waals surface area contributed by atoms with Crippen molar-refractivity contribution in [1.29, 1.82) is 0 Å². The molecule has 1 fully saturated rings. The number of para-hydroxylation sites is 1. The zero-order valence-electron chi connectivity index (χ0n) is 29.8. The first-order valence-electron chi connectivity index (χ1n) is 18.1. The number of rotatable bonds is 8. The molecule has 2 aliphatic rings. The van der Waals surface area contributed by atoms with Gasteiger partial charge in [-0.25, -0.2) is 14.6 Å². The van der Waals surface area contributed by atoms with Crippen LogP contribution in [0.2, 0.25) is 0 Å². The molecule has 0 saturated carbocycles. The lowest BCUT2D eigenvalue weighted by Gasteiger charge is -2.36. The van der Waals surface area contributed by atoms with E-state index in [9.17, 15) is 19.5 Å². The number of hydrogen-bond donors (Lipinski definition) is 4. The van der Waals surface area contributed by atoms with E-state index in [1.165, 1.54) is 0 Å². The Bertz CT molecular complexity index is 1810. The van der Waals surface area contributed by atoms with Crippen LogP contribution in [0.1, 0.15) is 66.7 Å². The number of piperazine rings is 1. The number of anilines is 1. The van der Waals surface area contributed by atoms with Crippen LogP contribution in [0.3, 0.4) is 0 Å². The molecular formula is C37H50N10O4. The molecule has 0 radical (unpaired) electrons. The molecule has 5 heterocycles. The summed E-state index contributed by atoms with van der Waals surface area (Å²) < 4.78 is 1.81. The standard InChI is InChI=1S/C37H50N10O4/c1-25(2)22-31-35-40-26(3)43-47(35)19-18-46(37(51)29-9-6-12-38-34(29)45-16-14-44(15-17-45)20-21-48)13-7-11-33(49)41-32(36(50)42-31)23-27-24-39-30-10-5-4-8-28(27)30/h4-6,8-10,12,24-25,31-32,39,48H,7,11,13-23H2,1-3H3,(H,41,49)(H,42,50)/t31-,32+/m0/s1. The van der Waals surface area contributed by atoms with Crippen molar-refractivity contribution in [3.63, 3.8) is 0 Å². The molecule has 3 aromatic heterocycles. The molecule has 0 spiro atoms. The van der Waals surface area contributed by atoms with Crippen molar-refractivity contribution in [2.45, 2.75) is 65.1 Å². The Morgan fingerprint density at radius 1 is 0.980 bits per heavy atom. The number of aliphatic hydroxyl groups excluding tert-OH is 1. The van der Waals surface area contributed by atoms with Crippen LogP contribution in [0.5, 0.6) is 0 Å². The van der Waals surface area contributed by atoms with E-state index in [1.807, 2.05) is 48.1 Å². The monoisotopic (exact) mass is 698 g/mol. The molecule has 1 aromatic carbocycles. The molecular weight excluding hydrogens is 648 g/mol. The van der Waals surface area contributed by atoms with Gasteiger partial charge in [0.05, 0.1) is 24.8 Å². The third kappa shape index (κ3) is 8.74. The molecule has 272 valence electrons. The minimum Gasteiger partial charge on any atom is -0.395 e. The molecule has 51 heavy (non-hydrogen) atoms. The summed E-state index contributed by atoms with van der Waals surface area (Å²) in [7, 11) is 0. The zero-order valence-corrected chi connectivity index (χ0v) is 29.8. The van der Waals surface area contributed by atoms with Gasteiger partial charge in [0.15, 0.2) is 0 Å². The number of H-pyrrole nitrogens is 1. The van der Waals surface area contributed by atoms with Gasteiger partial charge in [0, 0.05) is 82.0 Å². The van der Waals surface area contributed by atoms with Gasteiger partial charge in [0.25, 0.3) is 5.91 Å². The van der Waals surface area contributed by atoms with E-state index in [4.69, 9.17) is 10.1 Å². The van der Waals surface area contributed by atoms with E-state index >= 15 is 0 Å². The van der Waals surface area contributed by atoms with Crippen LogP contribution in [0.25, 0.3) is 10.9 Å². The fraction of sp³-hybridized carbons (Fsp3) is 0.514. The van der Waals surface area contributed by atoms with Gasteiger partial charge in [-0.2, -0.15) is 5.10 Å². The Balaban J connectivity index is 1.28. The van der Waals surface area contributed by atoms with Gasteiger partial charge in [-0.15, -0.1) is 0 Å². The van der Waals surface area contributed by atoms with Gasteiger partial charge in [0.2, 0.25) is 11.8 Å². The maximum absolute atomic E-state index is 14.4. The van der Waals surface area contributed by atoms with Crippen molar-refractivity contribution in [3.05, 3.63) is 71.6 Å². The van der Waals surface area contributed by atoms with Crippen LogP contribution in [0.4, 0.5) is 5.82 Å². The summed E-state index contributed by atoms with van der Waals surface area (Å²) in [6.07, 6.45) is 5.09. The van der Waals surface area contributed by atoms with Gasteiger partial charge in [-0.1, -0.05) is 32.0 Å². The summed E-state index contributed by atoms with van der Waals surface area (Å²) in [4.78, 5) is 60.7. The zero-order chi connectivity index (χ0) is 35.9. The van der Waals surface area contributed by atoms with E-state index in [1.54, 1.807) is 17.2 Å². The Morgan fingerprint density at radius 3 is 2.57 bits per heavy atom. The molecule has 14 heteroatoms. The number of aromatic nitrogens is 5. The van der Waals surface area contributed by atoms with Crippen LogP contribution in [0.15, 0.2) is 48.8 Å². The highest BCUT2D eigenvalue weighted by atomic mass is 16.3. The Kier molecular flexibility index (Phi) is 11.6. The number of benzene rings is 1. The van der Waals surface area contributed by atoms with Crippen LogP contribution >= 0.6 is 0 Å². The number of aliphatic hydroxyl groups is 1. The molecule has 1 saturated heterocycles. The second kappa shape index (κ2) is 16.5. The van der Waals surface area contributed by atoms with E-state index in [0.29, 0.717) is 81.6 Å². The first-order chi connectivity index (χ1) is 24.7. The number of carbonyl (C=O) groups is 3. The number of carbonyl (C=O) groups excluding carboxylic acids is 3. The molecule has 4 aromatic rings. The first-order valence-corrected chi connectivity index (χ1v) is 18.1. The lowest BCUT2D eigenvalue weighted by atomic mass is 10.0. The summed E-state index contributed by atoms with van der Waals surface area (Å²) in [5, 5.41) is 21.3. The summed E-state index contributed by atoms with van der Waals surface area (Å²) in [6, 6.07) is 10.2. The predicted octanol–water partition coefficient (Wildman–Crippen LogP) is 2.44. The van der Waals surface area contributed by atoms with Crippen molar-refractivity contribution in [1.82, 2.24) is 45.2 Å². The first kappa shape index (κ1) is 36.0. The number of pyridine rings is 1. The molecule has 0 bridgehead atoms. The second-order valence-electron chi connectivity index (χ2n) is 13.9. The van der Waals surface area contributed by atoms with Gasteiger partial charge in [-0.3, -0.25) is 19.3 Å². The van der Waals surface area contributed by atoms with E-state index in [0.717, 1.165) is 29.6 Å². The number of aromatic amines is 1. The number of nitrogens with zero attached hydrogens (tertiary/aromatic N) is 7. The molecule has 2 aliphatic heterocycles. The van der Waals surface area contributed by atoms with Gasteiger partial charge in [0.1, 0.15) is 23.5 Å². The predicted molar refractivity (Wildman–Crippen MR) is 194 cm³/mol. The van der Waals surface area contributed by atoms with Crippen LogP contribution in [0, 0.1) is 12.8 Å². The SMILES string of the molecule is Cc1nc2n(n1)CCN(C(=O)c1cccnc1N1CCN(CCO)CC1)CCCC(=O)N[C@H](Cc1c[nH]c3ccccc13)C(=O)N[C@H]2CC(C)C. The molecule has 0 unspecified atom stereocenters. The quantitative estimate of drug-likeness (QED) is 0.216. The molecule has 0 aliphatic carbocycles. The average Bonchev–Trinajstić information content (AvgIpc) is 3.71. The molecule has 14 nitrogen and oxygen atoms in total. The van der Waals surface area contributed by atoms with Crippen molar-refractivity contribution in [2.24, 2.45) is 5.92 Å². The largest absolute Gasteiger partial charge is 0.395 e. The highest BCUT2D eigenvalue weighted by Crippen LogP contribution is 2.25. The fourth-order valence-corrected chi connectivity index (χ4v) is 7.13. The van der Waals surface area contributed by atoms with Crippen LogP contribution in [-0.4, -0.2) is 116 Å². The number of hydrogen-bond acceptors (Lipinski definition) is 9. The van der Waals surface area contributed by atoms with Crippen molar-refractivity contribution in [3.8, 4) is 0 Å². The van der Waals surface area contributed by atoms with Crippen LogP contribution in [-0.2, 0) is 22.6 Å². The topological polar surface area (TPSA) is 165 Å². The van der Waals surface area contributed by atoms with Gasteiger partial charge >= 0.3 is 0 Å². The van der Waals surface area contributed by atoms with E-state index in [2.05, 4.69) is 44.2 Å². The highest BCUT2D eigenvalue weighted by molar-refractivity contribution is 5.99. The molecule has 2 atom stereocenters. The lowest BCUT2D eigenvalue weighted by molar-refractivity contribution is -0.129. The Labute approximate surface area is 298 Å². The van der Waals surface area contributed by atoms with E-state index in [-0.39, 0.29) is 36.7 Å². The third-order valence-corrected chi connectivity index (χ3v) is 9.70. The summed E-state index contributed by atoms with van der Waals surface area (Å²) in [6.45, 7) is 10.7. The van der Waals surface area contributed by atoms with Crippen molar-refractivity contribution in [2.75, 3.05) is 57.3 Å². The minimum atomic E-state index is -0.819. The molecule has 6 rings (SSSR count). The average molecular weight is 699 g/mol. The summed E-state index contributed by atoms with van der Waals surface area (Å²) in [5.41, 5.74) is 2.41. The van der Waals surface area contributed by atoms with E-state index < -0.39 is 12.1 Å². The van der Waals surface area contributed by atoms with Crippen molar-refractivity contribution < 1.29 is 19.5 Å². The molecule has 3 amide bonds. The second-order valence-corrected chi connectivity index (χ2v) is 13.9. The summed E-state index contributed by atoms with van der Waals surface area (Å²) in [5.74, 6) is 1.39. The van der Waals surface area contributed by atoms with Crippen molar-refractivity contribution >= 4 is 34.4 Å². The number of amides is 3. The Hall–Kier alpha value is -4.82. The maximum Gasteiger partial charge on any atom is 0.257 e. The lowest BCUT2D eigenvalue weighted by Crippen LogP contribution is -2.49. The Morgan fingerprint density at radius 2 is 1.78 bits per heavy atom. The highest BCUT2D eigenvalue weighted by Gasteiger charge is 2.30. The summed E-state index contributed by atoms with van der Waals surface area (Å²) >= 11 is 0. The molecule has 4 N–H and O–H groups in total. The number of nitrogens with one attached hydrogen (secondary N) is 3. The normalized spacial score (nSPS) is 19.9.